The number of rotatable bonds is 7. The molecular formula is C19H18N4O3. The topological polar surface area (TPSA) is 99.3 Å². The minimum atomic E-state index is -0.687. The van der Waals surface area contributed by atoms with E-state index >= 15 is 0 Å². The molecule has 0 aromatic heterocycles. The number of carbonyl (C=O) groups excluding carboxylic acids is 1. The summed E-state index contributed by atoms with van der Waals surface area (Å²) in [6, 6.07) is 17.3. The molecule has 0 saturated carbocycles. The Balaban J connectivity index is 2.18. The lowest BCUT2D eigenvalue weighted by Gasteiger charge is -2.19. The van der Waals surface area contributed by atoms with Gasteiger partial charge in [-0.05, 0) is 18.6 Å². The molecule has 2 aromatic rings. The van der Waals surface area contributed by atoms with E-state index in [1.807, 2.05) is 48.2 Å². The van der Waals surface area contributed by atoms with Gasteiger partial charge in [0.25, 0.3) is 11.6 Å². The summed E-state index contributed by atoms with van der Waals surface area (Å²) in [7, 11) is 0. The van der Waals surface area contributed by atoms with Crippen LogP contribution in [0.4, 0.5) is 11.4 Å². The first-order valence-corrected chi connectivity index (χ1v) is 7.99. The van der Waals surface area contributed by atoms with Crippen LogP contribution in [0.25, 0.3) is 0 Å². The van der Waals surface area contributed by atoms with E-state index in [0.29, 0.717) is 13.1 Å². The number of para-hydroxylation sites is 2. The molecule has 1 amide bonds. The molecule has 7 heteroatoms. The van der Waals surface area contributed by atoms with Crippen molar-refractivity contribution in [1.82, 2.24) is 4.90 Å². The van der Waals surface area contributed by atoms with Crippen molar-refractivity contribution in [3.8, 4) is 6.07 Å². The van der Waals surface area contributed by atoms with Crippen LogP contribution < -0.4 is 5.32 Å². The molecule has 0 saturated heterocycles. The van der Waals surface area contributed by atoms with Crippen molar-refractivity contribution >= 4 is 17.3 Å². The highest BCUT2D eigenvalue weighted by molar-refractivity contribution is 6.07. The number of hydrogen-bond donors (Lipinski definition) is 1. The fourth-order valence-electron chi connectivity index (χ4n) is 2.32. The number of nitro benzene ring substituents is 1. The van der Waals surface area contributed by atoms with Crippen molar-refractivity contribution < 1.29 is 9.72 Å². The van der Waals surface area contributed by atoms with E-state index in [2.05, 4.69) is 5.32 Å². The highest BCUT2D eigenvalue weighted by Gasteiger charge is 2.17. The molecule has 2 rings (SSSR count). The third-order valence-electron chi connectivity index (χ3n) is 3.66. The van der Waals surface area contributed by atoms with Crippen LogP contribution in [0.2, 0.25) is 0 Å². The van der Waals surface area contributed by atoms with Crippen molar-refractivity contribution in [2.24, 2.45) is 0 Å². The predicted molar refractivity (Wildman–Crippen MR) is 97.9 cm³/mol. The van der Waals surface area contributed by atoms with Crippen LogP contribution in [-0.4, -0.2) is 22.3 Å². The number of amides is 1. The summed E-state index contributed by atoms with van der Waals surface area (Å²) in [5.74, 6) is -0.687. The highest BCUT2D eigenvalue weighted by atomic mass is 16.6. The molecule has 7 nitrogen and oxygen atoms in total. The largest absolute Gasteiger partial charge is 0.372 e. The maximum absolute atomic E-state index is 12.4. The van der Waals surface area contributed by atoms with Crippen molar-refractivity contribution in [3.63, 3.8) is 0 Å². The SMILES string of the molecule is CCN(/C=C(/C#N)C(=O)Nc1ccccc1[N+](=O)[O-])Cc1ccccc1. The highest BCUT2D eigenvalue weighted by Crippen LogP contribution is 2.23. The predicted octanol–water partition coefficient (Wildman–Crippen LogP) is 3.46. The Morgan fingerprint density at radius 3 is 2.50 bits per heavy atom. The normalized spacial score (nSPS) is 10.7. The van der Waals surface area contributed by atoms with Gasteiger partial charge < -0.3 is 10.2 Å². The fourth-order valence-corrected chi connectivity index (χ4v) is 2.32. The molecule has 1 N–H and O–H groups in total. The summed E-state index contributed by atoms with van der Waals surface area (Å²) >= 11 is 0. The van der Waals surface area contributed by atoms with Gasteiger partial charge in [-0.15, -0.1) is 0 Å². The van der Waals surface area contributed by atoms with Crippen LogP contribution in [0, 0.1) is 21.4 Å². The van der Waals surface area contributed by atoms with Crippen LogP contribution in [0.5, 0.6) is 0 Å². The van der Waals surface area contributed by atoms with Crippen LogP contribution >= 0.6 is 0 Å². The Hall–Kier alpha value is -3.66. The first-order chi connectivity index (χ1) is 12.5. The molecule has 0 unspecified atom stereocenters. The smallest absolute Gasteiger partial charge is 0.292 e. The van der Waals surface area contributed by atoms with Gasteiger partial charge in [-0.3, -0.25) is 14.9 Å². The van der Waals surface area contributed by atoms with Gasteiger partial charge in [-0.1, -0.05) is 42.5 Å². The molecule has 132 valence electrons. The molecule has 0 heterocycles. The van der Waals surface area contributed by atoms with E-state index in [9.17, 15) is 20.2 Å². The monoisotopic (exact) mass is 350 g/mol. The molecule has 0 spiro atoms. The van der Waals surface area contributed by atoms with Crippen LogP contribution in [0.1, 0.15) is 12.5 Å². The zero-order chi connectivity index (χ0) is 18.9. The van der Waals surface area contributed by atoms with Gasteiger partial charge in [0.05, 0.1) is 4.92 Å². The van der Waals surface area contributed by atoms with Crippen molar-refractivity contribution in [2.75, 3.05) is 11.9 Å². The maximum atomic E-state index is 12.4. The number of nitro groups is 1. The molecule has 2 aromatic carbocycles. The van der Waals surface area contributed by atoms with Gasteiger partial charge in [-0.2, -0.15) is 5.26 Å². The summed E-state index contributed by atoms with van der Waals surface area (Å²) in [5.41, 5.74) is 0.743. The number of anilines is 1. The van der Waals surface area contributed by atoms with E-state index in [4.69, 9.17) is 0 Å². The first kappa shape index (κ1) is 18.7. The summed E-state index contributed by atoms with van der Waals surface area (Å²) in [6.07, 6.45) is 1.47. The van der Waals surface area contributed by atoms with E-state index in [-0.39, 0.29) is 16.9 Å². The van der Waals surface area contributed by atoms with Crippen LogP contribution in [0.3, 0.4) is 0 Å². The average Bonchev–Trinajstić information content (AvgIpc) is 2.66. The van der Waals surface area contributed by atoms with Gasteiger partial charge in [0.2, 0.25) is 0 Å². The van der Waals surface area contributed by atoms with Gasteiger partial charge in [0, 0.05) is 25.4 Å². The minimum Gasteiger partial charge on any atom is -0.372 e. The summed E-state index contributed by atoms with van der Waals surface area (Å²) < 4.78 is 0. The van der Waals surface area contributed by atoms with E-state index in [1.54, 1.807) is 6.07 Å². The summed E-state index contributed by atoms with van der Waals surface area (Å²) in [5, 5.41) is 22.8. The number of benzene rings is 2. The summed E-state index contributed by atoms with van der Waals surface area (Å²) in [6.45, 7) is 3.05. The standard InChI is InChI=1S/C19H18N4O3/c1-2-22(13-15-8-4-3-5-9-15)14-16(12-20)19(24)21-17-10-6-7-11-18(17)23(25)26/h3-11,14H,2,13H2,1H3,(H,21,24)/b16-14-. The zero-order valence-corrected chi connectivity index (χ0v) is 14.3. The molecule has 0 atom stereocenters. The van der Waals surface area contributed by atoms with Gasteiger partial charge >= 0.3 is 0 Å². The lowest BCUT2D eigenvalue weighted by Crippen LogP contribution is -2.21. The van der Waals surface area contributed by atoms with Gasteiger partial charge in [0.15, 0.2) is 0 Å². The Morgan fingerprint density at radius 2 is 1.88 bits per heavy atom. The fraction of sp³-hybridized carbons (Fsp3) is 0.158. The van der Waals surface area contributed by atoms with Crippen molar-refractivity contribution in [2.45, 2.75) is 13.5 Å². The average molecular weight is 350 g/mol. The molecule has 0 aliphatic heterocycles. The third kappa shape index (κ3) is 4.92. The number of nitrogens with zero attached hydrogens (tertiary/aromatic N) is 3. The number of carbonyl (C=O) groups is 1. The van der Waals surface area contributed by atoms with Crippen LogP contribution in [-0.2, 0) is 11.3 Å². The number of nitrogens with one attached hydrogen (secondary N) is 1. The lowest BCUT2D eigenvalue weighted by atomic mass is 10.2. The second kappa shape index (κ2) is 8.99. The van der Waals surface area contributed by atoms with Gasteiger partial charge in [0.1, 0.15) is 17.3 Å². The molecule has 0 fully saturated rings. The van der Waals surface area contributed by atoms with Crippen molar-refractivity contribution in [1.29, 1.82) is 5.26 Å². The van der Waals surface area contributed by atoms with Crippen molar-refractivity contribution in [3.05, 3.63) is 82.0 Å². The van der Waals surface area contributed by atoms with E-state index < -0.39 is 10.8 Å². The van der Waals surface area contributed by atoms with E-state index in [1.165, 1.54) is 24.4 Å². The Bertz CT molecular complexity index is 857. The van der Waals surface area contributed by atoms with Crippen LogP contribution in [0.15, 0.2) is 66.4 Å². The Morgan fingerprint density at radius 1 is 1.23 bits per heavy atom. The number of hydrogen-bond acceptors (Lipinski definition) is 5. The van der Waals surface area contributed by atoms with E-state index in [0.717, 1.165) is 5.56 Å². The third-order valence-corrected chi connectivity index (χ3v) is 3.66. The molecule has 0 aliphatic carbocycles. The second-order valence-corrected chi connectivity index (χ2v) is 5.43. The zero-order valence-electron chi connectivity index (χ0n) is 14.3. The Kier molecular flexibility index (Phi) is 6.46. The first-order valence-electron chi connectivity index (χ1n) is 7.99. The van der Waals surface area contributed by atoms with Gasteiger partial charge in [-0.25, -0.2) is 0 Å². The lowest BCUT2D eigenvalue weighted by molar-refractivity contribution is -0.383. The molecule has 0 aliphatic rings. The Labute approximate surface area is 151 Å². The molecule has 0 bridgehead atoms. The molecule has 26 heavy (non-hydrogen) atoms. The maximum Gasteiger partial charge on any atom is 0.292 e. The minimum absolute atomic E-state index is 0.0507. The number of nitriles is 1. The molecule has 0 radical (unpaired) electrons. The second-order valence-electron chi connectivity index (χ2n) is 5.43. The molecular weight excluding hydrogens is 332 g/mol. The quantitative estimate of drug-likeness (QED) is 0.357. The summed E-state index contributed by atoms with van der Waals surface area (Å²) in [4.78, 5) is 24.6.